The topological polar surface area (TPSA) is 43.6 Å². The lowest BCUT2D eigenvalue weighted by molar-refractivity contribution is 0.647. The van der Waals surface area contributed by atoms with Gasteiger partial charge in [-0.2, -0.15) is 0 Å². The minimum atomic E-state index is 0.514. The van der Waals surface area contributed by atoms with Crippen LogP contribution in [-0.4, -0.2) is 19.5 Å². The number of aryl methyl sites for hydroxylation is 2. The van der Waals surface area contributed by atoms with E-state index in [1.807, 2.05) is 0 Å². The van der Waals surface area contributed by atoms with E-state index in [-0.39, 0.29) is 0 Å². The molecule has 15 heavy (non-hydrogen) atoms. The molecule has 0 N–H and O–H groups in total. The Morgan fingerprint density at radius 1 is 1.20 bits per heavy atom. The Morgan fingerprint density at radius 2 is 2.13 bits per heavy atom. The maximum atomic E-state index is 6.08. The second kappa shape index (κ2) is 3.45. The number of hydrogen-bond acceptors (Lipinski definition) is 3. The zero-order valence-electron chi connectivity index (χ0n) is 8.28. The van der Waals surface area contributed by atoms with Gasteiger partial charge in [-0.1, -0.05) is 18.0 Å². The Labute approximate surface area is 92.3 Å². The summed E-state index contributed by atoms with van der Waals surface area (Å²) < 4.78 is 2.17. The third-order valence-corrected chi connectivity index (χ3v) is 3.13. The molecule has 0 saturated carbocycles. The summed E-state index contributed by atoms with van der Waals surface area (Å²) in [5, 5.41) is 0.514. The molecule has 0 amide bonds. The van der Waals surface area contributed by atoms with Crippen molar-refractivity contribution >= 4 is 22.8 Å². The Hall–Kier alpha value is -1.16. The van der Waals surface area contributed by atoms with Crippen molar-refractivity contribution in [2.75, 3.05) is 0 Å². The lowest BCUT2D eigenvalue weighted by Gasteiger charge is -2.03. The van der Waals surface area contributed by atoms with Crippen molar-refractivity contribution in [1.29, 1.82) is 0 Å². The first-order chi connectivity index (χ1) is 7.36. The quantitative estimate of drug-likeness (QED) is 0.642. The Morgan fingerprint density at radius 3 is 3.07 bits per heavy atom. The molecule has 3 rings (SSSR count). The smallest absolute Gasteiger partial charge is 0.182 e. The van der Waals surface area contributed by atoms with E-state index in [4.69, 9.17) is 11.6 Å². The lowest BCUT2D eigenvalue weighted by Crippen LogP contribution is -2.00. The maximum absolute atomic E-state index is 6.08. The zero-order chi connectivity index (χ0) is 10.3. The molecule has 5 heteroatoms. The number of nitrogens with zero attached hydrogens (tertiary/aromatic N) is 4. The molecule has 1 aliphatic rings. The highest BCUT2D eigenvalue weighted by Gasteiger charge is 2.16. The molecule has 0 spiro atoms. The molecule has 0 radical (unpaired) electrons. The van der Waals surface area contributed by atoms with E-state index in [0.717, 1.165) is 30.0 Å². The van der Waals surface area contributed by atoms with Gasteiger partial charge in [-0.05, 0) is 12.8 Å². The van der Waals surface area contributed by atoms with Gasteiger partial charge in [0.25, 0.3) is 0 Å². The summed E-state index contributed by atoms with van der Waals surface area (Å²) in [7, 11) is 0. The molecule has 0 aliphatic carbocycles. The predicted molar refractivity (Wildman–Crippen MR) is 57.9 cm³/mol. The minimum absolute atomic E-state index is 0.514. The van der Waals surface area contributed by atoms with Crippen LogP contribution in [0, 0.1) is 0 Å². The molecule has 78 valence electrons. The van der Waals surface area contributed by atoms with Gasteiger partial charge in [0.05, 0.1) is 0 Å². The highest BCUT2D eigenvalue weighted by molar-refractivity contribution is 6.33. The van der Waals surface area contributed by atoms with Gasteiger partial charge in [-0.3, -0.25) is 0 Å². The van der Waals surface area contributed by atoms with Crippen LogP contribution in [0.25, 0.3) is 11.2 Å². The normalized spacial score (nSPS) is 16.3. The van der Waals surface area contributed by atoms with Crippen LogP contribution < -0.4 is 0 Å². The minimum Gasteiger partial charge on any atom is -0.324 e. The van der Waals surface area contributed by atoms with Crippen LogP contribution in [0.4, 0.5) is 0 Å². The van der Waals surface area contributed by atoms with Crippen molar-refractivity contribution in [3.8, 4) is 0 Å². The fourth-order valence-electron chi connectivity index (χ4n) is 2.14. The summed E-state index contributed by atoms with van der Waals surface area (Å²) in [6, 6.07) is 0. The molecule has 0 fully saturated rings. The van der Waals surface area contributed by atoms with Gasteiger partial charge >= 0.3 is 0 Å². The van der Waals surface area contributed by atoms with Gasteiger partial charge in [0.1, 0.15) is 17.7 Å². The SMILES string of the molecule is Clc1ncnc2nc3n(c12)CCCCC3. The van der Waals surface area contributed by atoms with Crippen molar-refractivity contribution in [3.63, 3.8) is 0 Å². The second-order valence-corrected chi connectivity index (χ2v) is 4.19. The van der Waals surface area contributed by atoms with Gasteiger partial charge in [-0.15, -0.1) is 0 Å². The summed E-state index contributed by atoms with van der Waals surface area (Å²) in [6.07, 6.45) is 6.14. The fourth-order valence-corrected chi connectivity index (χ4v) is 2.37. The van der Waals surface area contributed by atoms with E-state index in [0.29, 0.717) is 5.15 Å². The number of halogens is 1. The zero-order valence-corrected chi connectivity index (χ0v) is 9.04. The second-order valence-electron chi connectivity index (χ2n) is 3.83. The Balaban J connectivity index is 2.29. The van der Waals surface area contributed by atoms with Crippen LogP contribution >= 0.6 is 11.6 Å². The van der Waals surface area contributed by atoms with E-state index in [1.54, 1.807) is 0 Å². The van der Waals surface area contributed by atoms with E-state index in [1.165, 1.54) is 25.6 Å². The lowest BCUT2D eigenvalue weighted by atomic mass is 10.2. The third kappa shape index (κ3) is 1.40. The van der Waals surface area contributed by atoms with Crippen LogP contribution in [-0.2, 0) is 13.0 Å². The highest BCUT2D eigenvalue weighted by Crippen LogP contribution is 2.24. The number of hydrogen-bond donors (Lipinski definition) is 0. The van der Waals surface area contributed by atoms with Gasteiger partial charge in [0, 0.05) is 13.0 Å². The fraction of sp³-hybridized carbons (Fsp3) is 0.500. The first kappa shape index (κ1) is 9.09. The van der Waals surface area contributed by atoms with Crippen molar-refractivity contribution in [1.82, 2.24) is 19.5 Å². The molecule has 0 atom stereocenters. The summed E-state index contributed by atoms with van der Waals surface area (Å²) in [5.74, 6) is 1.10. The van der Waals surface area contributed by atoms with Crippen molar-refractivity contribution in [3.05, 3.63) is 17.3 Å². The molecule has 0 aromatic carbocycles. The van der Waals surface area contributed by atoms with E-state index >= 15 is 0 Å². The van der Waals surface area contributed by atoms with Crippen molar-refractivity contribution in [2.45, 2.75) is 32.2 Å². The standard InChI is InChI=1S/C10H11ClN4/c11-9-8-10(13-6-12-9)14-7-4-2-1-3-5-15(7)8/h6H,1-5H2. The number of imidazole rings is 1. The molecule has 1 aliphatic heterocycles. The van der Waals surface area contributed by atoms with Crippen LogP contribution in [0.2, 0.25) is 5.15 Å². The molecular formula is C10H11ClN4. The predicted octanol–water partition coefficient (Wildman–Crippen LogP) is 2.21. The van der Waals surface area contributed by atoms with Crippen LogP contribution in [0.3, 0.4) is 0 Å². The van der Waals surface area contributed by atoms with Gasteiger partial charge in [0.15, 0.2) is 10.8 Å². The molecular weight excluding hydrogens is 212 g/mol. The molecule has 0 unspecified atom stereocenters. The summed E-state index contributed by atoms with van der Waals surface area (Å²) >= 11 is 6.08. The largest absolute Gasteiger partial charge is 0.324 e. The maximum Gasteiger partial charge on any atom is 0.182 e. The molecule has 2 aromatic heterocycles. The van der Waals surface area contributed by atoms with Gasteiger partial charge in [-0.25, -0.2) is 15.0 Å². The molecule has 0 bridgehead atoms. The Bertz CT molecular complexity index is 505. The van der Waals surface area contributed by atoms with E-state index < -0.39 is 0 Å². The van der Waals surface area contributed by atoms with Gasteiger partial charge < -0.3 is 4.57 Å². The number of fused-ring (bicyclic) bond motifs is 3. The van der Waals surface area contributed by atoms with Crippen molar-refractivity contribution < 1.29 is 0 Å². The average molecular weight is 223 g/mol. The first-order valence-corrected chi connectivity index (χ1v) is 5.59. The van der Waals surface area contributed by atoms with Crippen LogP contribution in [0.1, 0.15) is 25.1 Å². The van der Waals surface area contributed by atoms with Crippen LogP contribution in [0.5, 0.6) is 0 Å². The molecule has 3 heterocycles. The van der Waals surface area contributed by atoms with Gasteiger partial charge in [0.2, 0.25) is 0 Å². The average Bonchev–Trinajstić information content (AvgIpc) is 2.43. The summed E-state index contributed by atoms with van der Waals surface area (Å²) in [5.41, 5.74) is 1.63. The Kier molecular flexibility index (Phi) is 2.09. The summed E-state index contributed by atoms with van der Waals surface area (Å²) in [6.45, 7) is 0.985. The summed E-state index contributed by atoms with van der Waals surface area (Å²) in [4.78, 5) is 12.7. The van der Waals surface area contributed by atoms with Crippen LogP contribution in [0.15, 0.2) is 6.33 Å². The van der Waals surface area contributed by atoms with Crippen molar-refractivity contribution in [2.24, 2.45) is 0 Å². The molecule has 0 saturated heterocycles. The number of rotatable bonds is 0. The monoisotopic (exact) mass is 222 g/mol. The molecule has 2 aromatic rings. The molecule has 4 nitrogen and oxygen atoms in total. The highest BCUT2D eigenvalue weighted by atomic mass is 35.5. The van der Waals surface area contributed by atoms with E-state index in [2.05, 4.69) is 19.5 Å². The van der Waals surface area contributed by atoms with E-state index in [9.17, 15) is 0 Å². The first-order valence-electron chi connectivity index (χ1n) is 5.22. The third-order valence-electron chi connectivity index (χ3n) is 2.86. The number of aromatic nitrogens is 4.